The third-order valence-corrected chi connectivity index (χ3v) is 2.48. The van der Waals surface area contributed by atoms with E-state index < -0.39 is 5.54 Å². The molecule has 0 radical (unpaired) electrons. The molecule has 1 aliphatic rings. The Kier molecular flexibility index (Phi) is 2.06. The van der Waals surface area contributed by atoms with Crippen LogP contribution in [0.3, 0.4) is 0 Å². The van der Waals surface area contributed by atoms with Gasteiger partial charge in [-0.1, -0.05) is 13.8 Å². The molecule has 0 aliphatic heterocycles. The first-order valence-corrected chi connectivity index (χ1v) is 4.29. The van der Waals surface area contributed by atoms with E-state index >= 15 is 0 Å². The van der Waals surface area contributed by atoms with Crippen LogP contribution < -0.4 is 5.73 Å². The van der Waals surface area contributed by atoms with Gasteiger partial charge in [0.15, 0.2) is 5.78 Å². The van der Waals surface area contributed by atoms with Crippen LogP contribution in [0.25, 0.3) is 0 Å². The van der Waals surface area contributed by atoms with Crippen molar-refractivity contribution in [3.63, 3.8) is 0 Å². The largest absolute Gasteiger partial charge is 0.319 e. The molecule has 2 nitrogen and oxygen atoms in total. The Morgan fingerprint density at radius 3 is 2.27 bits per heavy atom. The minimum absolute atomic E-state index is 0.0746. The molecule has 2 heteroatoms. The van der Waals surface area contributed by atoms with Crippen LogP contribution in [0.4, 0.5) is 0 Å². The zero-order valence-electron chi connectivity index (χ0n) is 7.55. The molecule has 2 N–H and O–H groups in total. The van der Waals surface area contributed by atoms with Crippen molar-refractivity contribution < 1.29 is 4.79 Å². The molecule has 0 aromatic carbocycles. The van der Waals surface area contributed by atoms with Gasteiger partial charge in [0.2, 0.25) is 0 Å². The minimum atomic E-state index is -0.547. The lowest BCUT2D eigenvalue weighted by atomic mass is 9.86. The van der Waals surface area contributed by atoms with Gasteiger partial charge in [0, 0.05) is 5.92 Å². The van der Waals surface area contributed by atoms with E-state index in [1.807, 2.05) is 20.8 Å². The highest BCUT2D eigenvalue weighted by atomic mass is 16.1. The predicted molar refractivity (Wildman–Crippen MR) is 45.2 cm³/mol. The van der Waals surface area contributed by atoms with Crippen molar-refractivity contribution in [2.45, 2.75) is 39.2 Å². The minimum Gasteiger partial charge on any atom is -0.319 e. The second kappa shape index (κ2) is 2.59. The van der Waals surface area contributed by atoms with Crippen molar-refractivity contribution in [2.24, 2.45) is 17.6 Å². The van der Waals surface area contributed by atoms with Crippen LogP contribution in [-0.4, -0.2) is 11.3 Å². The number of Topliss-reactive ketones (excluding diaryl/α,β-unsaturated/α-hetero) is 1. The molecule has 1 saturated carbocycles. The molecule has 0 bridgehead atoms. The zero-order chi connectivity index (χ0) is 8.65. The zero-order valence-corrected chi connectivity index (χ0v) is 7.55. The third-order valence-electron chi connectivity index (χ3n) is 2.48. The van der Waals surface area contributed by atoms with E-state index in [2.05, 4.69) is 0 Å². The van der Waals surface area contributed by atoms with Gasteiger partial charge in [-0.25, -0.2) is 0 Å². The fourth-order valence-electron chi connectivity index (χ4n) is 1.51. The molecule has 0 amide bonds. The smallest absolute Gasteiger partial charge is 0.155 e. The summed E-state index contributed by atoms with van der Waals surface area (Å²) in [6, 6.07) is 0. The van der Waals surface area contributed by atoms with E-state index in [1.165, 1.54) is 0 Å². The molecule has 1 fully saturated rings. The molecule has 1 unspecified atom stereocenters. The summed E-state index contributed by atoms with van der Waals surface area (Å²) in [5, 5.41) is 0. The Morgan fingerprint density at radius 1 is 1.55 bits per heavy atom. The summed E-state index contributed by atoms with van der Waals surface area (Å²) in [6.45, 7) is 5.69. The van der Waals surface area contributed by atoms with Gasteiger partial charge in [-0.2, -0.15) is 0 Å². The first-order valence-electron chi connectivity index (χ1n) is 4.29. The molecule has 1 rings (SSSR count). The van der Waals surface area contributed by atoms with Crippen molar-refractivity contribution >= 4 is 5.78 Å². The number of carbonyl (C=O) groups is 1. The molecule has 64 valence electrons. The van der Waals surface area contributed by atoms with Gasteiger partial charge in [0.1, 0.15) is 0 Å². The quantitative estimate of drug-likeness (QED) is 0.668. The molecule has 0 saturated heterocycles. The summed E-state index contributed by atoms with van der Waals surface area (Å²) in [5.74, 6) is 0.739. The number of ketones is 1. The van der Waals surface area contributed by atoms with Crippen LogP contribution in [0.2, 0.25) is 0 Å². The molecular weight excluding hydrogens is 138 g/mol. The van der Waals surface area contributed by atoms with Crippen molar-refractivity contribution in [3.8, 4) is 0 Å². The average Bonchev–Trinajstić information content (AvgIpc) is 2.66. The summed E-state index contributed by atoms with van der Waals surface area (Å²) in [7, 11) is 0. The van der Waals surface area contributed by atoms with Gasteiger partial charge < -0.3 is 5.73 Å². The highest BCUT2D eigenvalue weighted by Gasteiger charge is 2.44. The van der Waals surface area contributed by atoms with Crippen LogP contribution >= 0.6 is 0 Å². The fourth-order valence-corrected chi connectivity index (χ4v) is 1.51. The second-order valence-electron chi connectivity index (χ2n) is 4.08. The van der Waals surface area contributed by atoms with Crippen LogP contribution in [0, 0.1) is 11.8 Å². The Labute approximate surface area is 68.2 Å². The first kappa shape index (κ1) is 8.72. The summed E-state index contributed by atoms with van der Waals surface area (Å²) >= 11 is 0. The molecule has 0 aromatic rings. The third kappa shape index (κ3) is 1.62. The molecular formula is C9H17NO. The van der Waals surface area contributed by atoms with Gasteiger partial charge in [-0.15, -0.1) is 0 Å². The van der Waals surface area contributed by atoms with E-state index in [0.29, 0.717) is 5.92 Å². The maximum absolute atomic E-state index is 11.5. The Balaban J connectivity index is 2.62. The van der Waals surface area contributed by atoms with Gasteiger partial charge in [-0.3, -0.25) is 4.79 Å². The summed E-state index contributed by atoms with van der Waals surface area (Å²) in [6.07, 6.45) is 2.26. The molecule has 1 aliphatic carbocycles. The SMILES string of the molecule is CC(C)C(=O)C(C)(N)C1CC1. The fraction of sp³-hybridized carbons (Fsp3) is 0.889. The number of hydrogen-bond donors (Lipinski definition) is 1. The number of hydrogen-bond acceptors (Lipinski definition) is 2. The van der Waals surface area contributed by atoms with Crippen molar-refractivity contribution in [3.05, 3.63) is 0 Å². The van der Waals surface area contributed by atoms with Crippen LogP contribution in [-0.2, 0) is 4.79 Å². The molecule has 0 spiro atoms. The van der Waals surface area contributed by atoms with Crippen molar-refractivity contribution in [1.29, 1.82) is 0 Å². The predicted octanol–water partition coefficient (Wildman–Crippen LogP) is 1.34. The summed E-state index contributed by atoms with van der Waals surface area (Å²) in [4.78, 5) is 11.5. The number of rotatable bonds is 3. The van der Waals surface area contributed by atoms with Gasteiger partial charge in [0.25, 0.3) is 0 Å². The normalized spacial score (nSPS) is 23.4. The second-order valence-corrected chi connectivity index (χ2v) is 4.08. The van der Waals surface area contributed by atoms with Crippen molar-refractivity contribution in [2.75, 3.05) is 0 Å². The maximum Gasteiger partial charge on any atom is 0.155 e. The topological polar surface area (TPSA) is 43.1 Å². The van der Waals surface area contributed by atoms with E-state index in [0.717, 1.165) is 12.8 Å². The van der Waals surface area contributed by atoms with Gasteiger partial charge >= 0.3 is 0 Å². The van der Waals surface area contributed by atoms with E-state index in [9.17, 15) is 4.79 Å². The molecule has 1 atom stereocenters. The number of nitrogens with two attached hydrogens (primary N) is 1. The van der Waals surface area contributed by atoms with E-state index in [4.69, 9.17) is 5.73 Å². The van der Waals surface area contributed by atoms with E-state index in [1.54, 1.807) is 0 Å². The van der Waals surface area contributed by atoms with Crippen molar-refractivity contribution in [1.82, 2.24) is 0 Å². The Morgan fingerprint density at radius 2 is 2.00 bits per heavy atom. The van der Waals surface area contributed by atoms with Gasteiger partial charge in [0.05, 0.1) is 5.54 Å². The molecule has 11 heavy (non-hydrogen) atoms. The van der Waals surface area contributed by atoms with E-state index in [-0.39, 0.29) is 11.7 Å². The standard InChI is InChI=1S/C9H17NO/c1-6(2)8(11)9(3,10)7-4-5-7/h6-7H,4-5,10H2,1-3H3. The summed E-state index contributed by atoms with van der Waals surface area (Å²) < 4.78 is 0. The highest BCUT2D eigenvalue weighted by molar-refractivity contribution is 5.90. The monoisotopic (exact) mass is 155 g/mol. The first-order chi connectivity index (χ1) is 4.96. The molecule has 0 heterocycles. The maximum atomic E-state index is 11.5. The average molecular weight is 155 g/mol. The number of carbonyl (C=O) groups excluding carboxylic acids is 1. The van der Waals surface area contributed by atoms with Gasteiger partial charge in [-0.05, 0) is 25.7 Å². The Bertz CT molecular complexity index is 168. The van der Waals surface area contributed by atoms with Crippen LogP contribution in [0.5, 0.6) is 0 Å². The van der Waals surface area contributed by atoms with Crippen LogP contribution in [0.1, 0.15) is 33.6 Å². The lowest BCUT2D eigenvalue weighted by Crippen LogP contribution is -2.49. The Hall–Kier alpha value is -0.370. The summed E-state index contributed by atoms with van der Waals surface area (Å²) in [5.41, 5.74) is 5.37. The highest BCUT2D eigenvalue weighted by Crippen LogP contribution is 2.39. The lowest BCUT2D eigenvalue weighted by molar-refractivity contribution is -0.127. The molecule has 0 aromatic heterocycles. The van der Waals surface area contributed by atoms with Crippen LogP contribution in [0.15, 0.2) is 0 Å². The lowest BCUT2D eigenvalue weighted by Gasteiger charge is -2.24.